The summed E-state index contributed by atoms with van der Waals surface area (Å²) in [5.74, 6) is -0.825. The zero-order chi connectivity index (χ0) is 27.8. The van der Waals surface area contributed by atoms with Crippen molar-refractivity contribution in [2.45, 2.75) is 147 Å². The third kappa shape index (κ3) is 19.3. The average molecular weight is 568 g/mol. The van der Waals surface area contributed by atoms with Crippen LogP contribution in [0.3, 0.4) is 0 Å². The second-order valence-corrected chi connectivity index (χ2v) is 13.1. The first kappa shape index (κ1) is 36.6. The van der Waals surface area contributed by atoms with Gasteiger partial charge in [-0.15, -0.1) is 0 Å². The van der Waals surface area contributed by atoms with Gasteiger partial charge in [-0.2, -0.15) is 0 Å². The lowest BCUT2D eigenvalue weighted by atomic mass is 10.1. The van der Waals surface area contributed by atoms with E-state index in [4.69, 9.17) is 14.6 Å². The van der Waals surface area contributed by atoms with Crippen LogP contribution in [-0.2, 0) is 29.6 Å². The summed E-state index contributed by atoms with van der Waals surface area (Å²) in [6.07, 6.45) is 19.8. The molecule has 5 unspecified atom stereocenters. The van der Waals surface area contributed by atoms with E-state index in [-0.39, 0.29) is 18.0 Å². The van der Waals surface area contributed by atoms with Gasteiger partial charge in [-0.3, -0.25) is 4.21 Å². The molecule has 0 saturated heterocycles. The van der Waals surface area contributed by atoms with E-state index >= 15 is 0 Å². The van der Waals surface area contributed by atoms with Crippen molar-refractivity contribution < 1.29 is 33.3 Å². The second kappa shape index (κ2) is 24.6. The minimum atomic E-state index is -2.36. The van der Waals surface area contributed by atoms with Crippen LogP contribution in [0.1, 0.15) is 130 Å². The maximum absolute atomic E-state index is 13.2. The first-order chi connectivity index (χ1) is 17.8. The third-order valence-electron chi connectivity index (χ3n) is 6.80. The number of aliphatic carboxylic acids is 1. The molecular weight excluding hydrogens is 511 g/mol. The van der Waals surface area contributed by atoms with Gasteiger partial charge in [-0.25, -0.2) is 4.79 Å². The van der Waals surface area contributed by atoms with E-state index in [9.17, 15) is 18.7 Å². The molecule has 0 spiro atoms. The molecule has 0 saturated carbocycles. The van der Waals surface area contributed by atoms with Crippen molar-refractivity contribution in [2.75, 3.05) is 25.6 Å². The van der Waals surface area contributed by atoms with Gasteiger partial charge in [0.05, 0.1) is 11.4 Å². The average Bonchev–Trinajstić information content (AvgIpc) is 2.88. The molecule has 0 heterocycles. The quantitative estimate of drug-likeness (QED) is 0.0774. The van der Waals surface area contributed by atoms with E-state index in [1.54, 1.807) is 0 Å². The summed E-state index contributed by atoms with van der Waals surface area (Å²) in [5.41, 5.74) is 0. The number of hydrogen-bond donors (Lipinski definition) is 2. The number of aliphatic hydroxyl groups is 1. The highest BCUT2D eigenvalue weighted by Crippen LogP contribution is 2.21. The molecule has 0 aromatic rings. The maximum atomic E-state index is 13.2. The van der Waals surface area contributed by atoms with Gasteiger partial charge in [0, 0.05) is 29.8 Å². The minimum Gasteiger partial charge on any atom is -0.476 e. The van der Waals surface area contributed by atoms with E-state index in [0.717, 1.165) is 37.9 Å². The van der Waals surface area contributed by atoms with Crippen molar-refractivity contribution in [2.24, 2.45) is 0 Å². The van der Waals surface area contributed by atoms with Crippen LogP contribution in [0.5, 0.6) is 0 Å². The Kier molecular flexibility index (Phi) is 24.4. The summed E-state index contributed by atoms with van der Waals surface area (Å²) >= 11 is 0. The number of carboxylic acids is 1. The van der Waals surface area contributed by atoms with Crippen LogP contribution in [0.15, 0.2) is 0 Å². The largest absolute Gasteiger partial charge is 0.476 e. The smallest absolute Gasteiger partial charge is 0.390 e. The molecule has 7 nitrogen and oxygen atoms in total. The highest BCUT2D eigenvalue weighted by Gasteiger charge is 2.46. The topological polar surface area (TPSA) is 110 Å². The number of unbranched alkanes of at least 4 members (excludes halogenated alkanes) is 13. The molecule has 2 N–H and O–H groups in total. The molecule has 0 amide bonds. The summed E-state index contributed by atoms with van der Waals surface area (Å²) in [5, 5.41) is 16.3. The number of carboxylic acid groups (broad SMARTS) is 1. The first-order valence-corrected chi connectivity index (χ1v) is 17.0. The lowest BCUT2D eigenvalue weighted by Gasteiger charge is -2.24. The normalized spacial score (nSPS) is 15.9. The van der Waals surface area contributed by atoms with E-state index in [1.807, 2.05) is 6.92 Å². The van der Waals surface area contributed by atoms with Crippen molar-refractivity contribution >= 4 is 25.2 Å². The molecule has 0 aromatic carbocycles. The van der Waals surface area contributed by atoms with Crippen LogP contribution in [-0.4, -0.2) is 62.7 Å². The third-order valence-corrected chi connectivity index (χ3v) is 9.48. The van der Waals surface area contributed by atoms with Gasteiger partial charge >= 0.3 is 19.8 Å². The molecule has 0 rings (SSSR count). The number of carbonyl (C=O) groups is 1. The van der Waals surface area contributed by atoms with Crippen LogP contribution >= 0.6 is 8.46 Å². The Balaban J connectivity index is 4.34. The molecule has 0 bridgehead atoms. The van der Waals surface area contributed by atoms with Crippen LogP contribution in [0.4, 0.5) is 0 Å². The molecule has 220 valence electrons. The van der Waals surface area contributed by atoms with Gasteiger partial charge < -0.3 is 19.7 Å². The van der Waals surface area contributed by atoms with Crippen molar-refractivity contribution in [3.63, 3.8) is 0 Å². The highest BCUT2D eigenvalue weighted by atomic mass is 32.2. The zero-order valence-corrected chi connectivity index (χ0v) is 25.7. The molecule has 9 heteroatoms. The van der Waals surface area contributed by atoms with Gasteiger partial charge in [0.1, 0.15) is 6.61 Å². The molecular formula is C28H56O7PS+. The predicted octanol–water partition coefficient (Wildman–Crippen LogP) is 6.99. The standard InChI is InChI=1S/C28H55O7PS/c1-4-6-8-10-11-12-13-14-16-18-23-37(33)26(20-17-15-9-7-5-2)25(3)35-22-19-21-34-24-28(31,36-32)27(29)30/h25-26,31H,4-24H2,1-3H3,(H,29,30)/p+1. The van der Waals surface area contributed by atoms with Crippen LogP contribution < -0.4 is 0 Å². The van der Waals surface area contributed by atoms with Gasteiger partial charge in [0.25, 0.3) is 0 Å². The van der Waals surface area contributed by atoms with Crippen LogP contribution in [0.25, 0.3) is 0 Å². The number of ether oxygens (including phenoxy) is 2. The summed E-state index contributed by atoms with van der Waals surface area (Å²) < 4.78 is 35.3. The molecule has 0 fully saturated rings. The predicted molar refractivity (Wildman–Crippen MR) is 154 cm³/mol. The Hall–Kier alpha value is -0.400. The van der Waals surface area contributed by atoms with Gasteiger partial charge in [0.15, 0.2) is 0 Å². The Morgan fingerprint density at radius 1 is 0.838 bits per heavy atom. The molecule has 5 atom stereocenters. The van der Waals surface area contributed by atoms with Gasteiger partial charge in [0.2, 0.25) is 0 Å². The lowest BCUT2D eigenvalue weighted by Crippen LogP contribution is -2.37. The van der Waals surface area contributed by atoms with Crippen molar-refractivity contribution in [3.8, 4) is 0 Å². The summed E-state index contributed by atoms with van der Waals surface area (Å²) in [6, 6.07) is 0. The Bertz CT molecular complexity index is 593. The number of hydrogen-bond acceptors (Lipinski definition) is 6. The monoisotopic (exact) mass is 567 g/mol. The van der Waals surface area contributed by atoms with Crippen molar-refractivity contribution in [1.82, 2.24) is 0 Å². The SMILES string of the molecule is CCCCCCCCCCCCS(=O)C(CCCCCCC)C(C)OCCCOCC(O)([PH+]=O)C(=O)O. The van der Waals surface area contributed by atoms with Crippen LogP contribution in [0, 0.1) is 0 Å². The Morgan fingerprint density at radius 3 is 1.86 bits per heavy atom. The molecule has 0 aliphatic heterocycles. The fraction of sp³-hybridized carbons (Fsp3) is 0.964. The van der Waals surface area contributed by atoms with E-state index in [1.165, 1.54) is 70.6 Å². The molecule has 0 aromatic heterocycles. The highest BCUT2D eigenvalue weighted by molar-refractivity contribution is 7.85. The Labute approximate surface area is 230 Å². The molecule has 0 radical (unpaired) electrons. The van der Waals surface area contributed by atoms with E-state index in [0.29, 0.717) is 13.0 Å². The summed E-state index contributed by atoms with van der Waals surface area (Å²) in [6.45, 7) is 6.51. The number of rotatable bonds is 28. The van der Waals surface area contributed by atoms with Crippen molar-refractivity contribution in [3.05, 3.63) is 0 Å². The summed E-state index contributed by atoms with van der Waals surface area (Å²) in [7, 11) is -2.33. The van der Waals surface area contributed by atoms with Gasteiger partial charge in [-0.05, 0) is 26.2 Å². The second-order valence-electron chi connectivity index (χ2n) is 10.3. The first-order valence-electron chi connectivity index (χ1n) is 14.7. The maximum Gasteiger partial charge on any atom is 0.390 e. The lowest BCUT2D eigenvalue weighted by molar-refractivity contribution is -0.154. The van der Waals surface area contributed by atoms with E-state index < -0.39 is 37.2 Å². The fourth-order valence-corrected chi connectivity index (χ4v) is 6.28. The molecule has 37 heavy (non-hydrogen) atoms. The van der Waals surface area contributed by atoms with Crippen molar-refractivity contribution in [1.29, 1.82) is 0 Å². The zero-order valence-electron chi connectivity index (χ0n) is 23.8. The fourth-order valence-electron chi connectivity index (χ4n) is 4.30. The van der Waals surface area contributed by atoms with E-state index in [2.05, 4.69) is 13.8 Å². The minimum absolute atomic E-state index is 0.0138. The Morgan fingerprint density at radius 2 is 1.35 bits per heavy atom. The summed E-state index contributed by atoms with van der Waals surface area (Å²) in [4.78, 5) is 11.0. The molecule has 0 aliphatic rings. The van der Waals surface area contributed by atoms with Gasteiger partial charge in [-0.1, -0.05) is 108 Å². The van der Waals surface area contributed by atoms with Crippen LogP contribution in [0.2, 0.25) is 0 Å². The molecule has 0 aliphatic carbocycles.